The fraction of sp³-hybridized carbons (Fsp3) is 0.625. The summed E-state index contributed by atoms with van der Waals surface area (Å²) in [6.07, 6.45) is 1.84. The standard InChI is InChI=1S/C16H25F2N/c1-6-9-19-12(3)10-16(4,5)13-8-7-11(2)14(17)15(13)18/h7-8,12,19H,6,9-10H2,1-5H3. The molecule has 0 bridgehead atoms. The molecule has 0 radical (unpaired) electrons. The minimum Gasteiger partial charge on any atom is -0.314 e. The molecule has 1 N–H and O–H groups in total. The highest BCUT2D eigenvalue weighted by Crippen LogP contribution is 2.32. The van der Waals surface area contributed by atoms with E-state index in [1.54, 1.807) is 19.1 Å². The Bertz CT molecular complexity index is 427. The molecule has 1 atom stereocenters. The third-order valence-electron chi connectivity index (χ3n) is 3.56. The van der Waals surface area contributed by atoms with Gasteiger partial charge in [-0.15, -0.1) is 0 Å². The number of aryl methyl sites for hydroxylation is 1. The Morgan fingerprint density at radius 2 is 1.84 bits per heavy atom. The van der Waals surface area contributed by atoms with Gasteiger partial charge in [-0.05, 0) is 49.8 Å². The highest BCUT2D eigenvalue weighted by atomic mass is 19.2. The zero-order valence-corrected chi connectivity index (χ0v) is 12.6. The van der Waals surface area contributed by atoms with Crippen LogP contribution in [-0.4, -0.2) is 12.6 Å². The second-order valence-corrected chi connectivity index (χ2v) is 6.00. The summed E-state index contributed by atoms with van der Waals surface area (Å²) in [5.41, 5.74) is 0.425. The molecule has 1 rings (SSSR count). The third-order valence-corrected chi connectivity index (χ3v) is 3.56. The normalized spacial score (nSPS) is 13.6. The maximum absolute atomic E-state index is 14.1. The van der Waals surface area contributed by atoms with E-state index in [0.29, 0.717) is 11.1 Å². The monoisotopic (exact) mass is 269 g/mol. The highest BCUT2D eigenvalue weighted by molar-refractivity contribution is 5.31. The molecule has 3 heteroatoms. The van der Waals surface area contributed by atoms with E-state index in [4.69, 9.17) is 0 Å². The molecule has 0 aliphatic heterocycles. The molecule has 0 saturated heterocycles. The topological polar surface area (TPSA) is 12.0 Å². The van der Waals surface area contributed by atoms with Gasteiger partial charge in [0.1, 0.15) is 0 Å². The number of benzene rings is 1. The van der Waals surface area contributed by atoms with Gasteiger partial charge in [0.2, 0.25) is 0 Å². The summed E-state index contributed by atoms with van der Waals surface area (Å²) in [6.45, 7) is 10.6. The largest absolute Gasteiger partial charge is 0.314 e. The smallest absolute Gasteiger partial charge is 0.162 e. The van der Waals surface area contributed by atoms with E-state index in [1.807, 2.05) is 13.8 Å². The van der Waals surface area contributed by atoms with Gasteiger partial charge in [-0.3, -0.25) is 0 Å². The molecule has 0 aromatic heterocycles. The van der Waals surface area contributed by atoms with Crippen LogP contribution in [0.2, 0.25) is 0 Å². The van der Waals surface area contributed by atoms with Crippen LogP contribution >= 0.6 is 0 Å². The van der Waals surface area contributed by atoms with Crippen LogP contribution < -0.4 is 5.32 Å². The molecule has 1 aromatic carbocycles. The lowest BCUT2D eigenvalue weighted by Gasteiger charge is -2.30. The zero-order valence-electron chi connectivity index (χ0n) is 12.6. The van der Waals surface area contributed by atoms with Crippen molar-refractivity contribution in [2.75, 3.05) is 6.54 Å². The quantitative estimate of drug-likeness (QED) is 0.810. The summed E-state index contributed by atoms with van der Waals surface area (Å²) in [5.74, 6) is -1.42. The van der Waals surface area contributed by atoms with Gasteiger partial charge in [0.25, 0.3) is 0 Å². The van der Waals surface area contributed by atoms with Crippen molar-refractivity contribution in [3.05, 3.63) is 34.9 Å². The van der Waals surface area contributed by atoms with Crippen LogP contribution in [0.1, 0.15) is 51.7 Å². The number of hydrogen-bond donors (Lipinski definition) is 1. The molecular weight excluding hydrogens is 244 g/mol. The molecule has 0 aliphatic carbocycles. The van der Waals surface area contributed by atoms with Crippen molar-refractivity contribution in [2.24, 2.45) is 0 Å². The molecule has 1 unspecified atom stereocenters. The molecule has 1 aromatic rings. The van der Waals surface area contributed by atoms with Gasteiger partial charge in [0.15, 0.2) is 11.6 Å². The maximum Gasteiger partial charge on any atom is 0.162 e. The lowest BCUT2D eigenvalue weighted by Crippen LogP contribution is -2.34. The van der Waals surface area contributed by atoms with Crippen molar-refractivity contribution in [1.29, 1.82) is 0 Å². The molecule has 19 heavy (non-hydrogen) atoms. The number of nitrogens with one attached hydrogen (secondary N) is 1. The van der Waals surface area contributed by atoms with E-state index in [2.05, 4.69) is 19.2 Å². The van der Waals surface area contributed by atoms with Crippen molar-refractivity contribution in [1.82, 2.24) is 5.32 Å². The predicted octanol–water partition coefficient (Wildman–Crippen LogP) is 4.33. The fourth-order valence-corrected chi connectivity index (χ4v) is 2.51. The lowest BCUT2D eigenvalue weighted by atomic mass is 9.78. The van der Waals surface area contributed by atoms with E-state index in [9.17, 15) is 8.78 Å². The Balaban J connectivity index is 2.91. The summed E-state index contributed by atoms with van der Waals surface area (Å²) >= 11 is 0. The third kappa shape index (κ3) is 4.00. The maximum atomic E-state index is 14.1. The van der Waals surface area contributed by atoms with Crippen LogP contribution in [0, 0.1) is 18.6 Å². The van der Waals surface area contributed by atoms with Gasteiger partial charge in [-0.2, -0.15) is 0 Å². The molecule has 0 amide bonds. The van der Waals surface area contributed by atoms with Gasteiger partial charge in [-0.1, -0.05) is 32.9 Å². The average molecular weight is 269 g/mol. The second kappa shape index (κ2) is 6.47. The highest BCUT2D eigenvalue weighted by Gasteiger charge is 2.28. The number of hydrogen-bond acceptors (Lipinski definition) is 1. The van der Waals surface area contributed by atoms with Crippen LogP contribution in [0.3, 0.4) is 0 Å². The van der Waals surface area contributed by atoms with Crippen molar-refractivity contribution in [2.45, 2.75) is 58.9 Å². The van der Waals surface area contributed by atoms with E-state index >= 15 is 0 Å². The minimum absolute atomic E-state index is 0.277. The molecular formula is C16H25F2N. The molecule has 108 valence electrons. The van der Waals surface area contributed by atoms with Crippen LogP contribution in [0.5, 0.6) is 0 Å². The summed E-state index contributed by atoms with van der Waals surface area (Å²) in [4.78, 5) is 0. The summed E-state index contributed by atoms with van der Waals surface area (Å²) in [5, 5.41) is 3.39. The Morgan fingerprint density at radius 1 is 1.21 bits per heavy atom. The number of rotatable bonds is 6. The summed E-state index contributed by atoms with van der Waals surface area (Å²) < 4.78 is 27.7. The molecule has 0 spiro atoms. The van der Waals surface area contributed by atoms with Crippen molar-refractivity contribution in [3.63, 3.8) is 0 Å². The predicted molar refractivity (Wildman–Crippen MR) is 76.5 cm³/mol. The first-order valence-corrected chi connectivity index (χ1v) is 6.98. The van der Waals surface area contributed by atoms with E-state index in [1.165, 1.54) is 0 Å². The van der Waals surface area contributed by atoms with Crippen molar-refractivity contribution in [3.8, 4) is 0 Å². The zero-order chi connectivity index (χ0) is 14.6. The first kappa shape index (κ1) is 16.1. The lowest BCUT2D eigenvalue weighted by molar-refractivity contribution is 0.369. The molecule has 0 heterocycles. The van der Waals surface area contributed by atoms with Crippen LogP contribution in [-0.2, 0) is 5.41 Å². The first-order chi connectivity index (χ1) is 8.79. The first-order valence-electron chi connectivity index (χ1n) is 6.98. The van der Waals surface area contributed by atoms with Crippen LogP contribution in [0.15, 0.2) is 12.1 Å². The van der Waals surface area contributed by atoms with Crippen molar-refractivity contribution >= 4 is 0 Å². The van der Waals surface area contributed by atoms with Gasteiger partial charge in [-0.25, -0.2) is 8.78 Å². The van der Waals surface area contributed by atoms with E-state index < -0.39 is 17.0 Å². The van der Waals surface area contributed by atoms with E-state index in [-0.39, 0.29) is 6.04 Å². The van der Waals surface area contributed by atoms with Crippen LogP contribution in [0.4, 0.5) is 8.78 Å². The van der Waals surface area contributed by atoms with Gasteiger partial charge in [0.05, 0.1) is 0 Å². The van der Waals surface area contributed by atoms with E-state index in [0.717, 1.165) is 19.4 Å². The fourth-order valence-electron chi connectivity index (χ4n) is 2.51. The van der Waals surface area contributed by atoms with Gasteiger partial charge >= 0.3 is 0 Å². The number of halogens is 2. The SMILES string of the molecule is CCCNC(C)CC(C)(C)c1ccc(C)c(F)c1F. The van der Waals surface area contributed by atoms with Gasteiger partial charge < -0.3 is 5.32 Å². The Hall–Kier alpha value is -0.960. The summed E-state index contributed by atoms with van der Waals surface area (Å²) in [7, 11) is 0. The molecule has 1 nitrogen and oxygen atoms in total. The summed E-state index contributed by atoms with van der Waals surface area (Å²) in [6, 6.07) is 3.64. The molecule has 0 saturated carbocycles. The Morgan fingerprint density at radius 3 is 2.42 bits per heavy atom. The van der Waals surface area contributed by atoms with Gasteiger partial charge in [0, 0.05) is 6.04 Å². The second-order valence-electron chi connectivity index (χ2n) is 6.00. The Labute approximate surface area is 115 Å². The van der Waals surface area contributed by atoms with Crippen LogP contribution in [0.25, 0.3) is 0 Å². The van der Waals surface area contributed by atoms with Crippen molar-refractivity contribution < 1.29 is 8.78 Å². The Kier molecular flexibility index (Phi) is 5.48. The molecule has 0 fully saturated rings. The minimum atomic E-state index is -0.722. The molecule has 0 aliphatic rings. The average Bonchev–Trinajstić information content (AvgIpc) is 2.32.